The Bertz CT molecular complexity index is 712. The third-order valence-corrected chi connectivity index (χ3v) is 4.74. The van der Waals surface area contributed by atoms with E-state index in [0.29, 0.717) is 32.4 Å². The summed E-state index contributed by atoms with van der Waals surface area (Å²) in [5.41, 5.74) is 0.105. The van der Waals surface area contributed by atoms with Crippen molar-refractivity contribution in [2.24, 2.45) is 0 Å². The summed E-state index contributed by atoms with van der Waals surface area (Å²) in [6, 6.07) is 3.84. The standard InChI is InChI=1S/C19H25N5O2/c1-23(18(25)6-5-16-4-2-8-20-12-16)14-19(26)7-3-11-24(15-19)17-13-21-9-10-22-17/h2,4,8-10,12-13,26H,3,5-7,11,14-15H2,1H3. The second kappa shape index (κ2) is 8.23. The predicted octanol–water partition coefficient (Wildman–Crippen LogP) is 1.29. The van der Waals surface area contributed by atoms with Crippen molar-refractivity contribution in [2.75, 3.05) is 31.6 Å². The van der Waals surface area contributed by atoms with Crippen LogP contribution in [0, 0.1) is 0 Å². The molecule has 0 bridgehead atoms. The van der Waals surface area contributed by atoms with Gasteiger partial charge in [0.15, 0.2) is 0 Å². The zero-order chi connectivity index (χ0) is 18.4. The van der Waals surface area contributed by atoms with Gasteiger partial charge in [0.05, 0.1) is 18.3 Å². The summed E-state index contributed by atoms with van der Waals surface area (Å²) < 4.78 is 0. The van der Waals surface area contributed by atoms with Crippen molar-refractivity contribution in [3.8, 4) is 0 Å². The molecule has 1 atom stereocenters. The minimum absolute atomic E-state index is 0.0268. The van der Waals surface area contributed by atoms with Gasteiger partial charge in [0, 0.05) is 51.3 Å². The van der Waals surface area contributed by atoms with Crippen LogP contribution in [0.15, 0.2) is 43.1 Å². The topological polar surface area (TPSA) is 82.5 Å². The molecule has 0 aliphatic carbocycles. The zero-order valence-corrected chi connectivity index (χ0v) is 15.1. The number of piperidine rings is 1. The molecule has 0 aromatic carbocycles. The van der Waals surface area contributed by atoms with E-state index < -0.39 is 5.60 Å². The van der Waals surface area contributed by atoms with E-state index in [0.717, 1.165) is 24.3 Å². The SMILES string of the molecule is CN(CC1(O)CCCN(c2cnccn2)C1)C(=O)CCc1cccnc1. The molecule has 1 aliphatic heterocycles. The zero-order valence-electron chi connectivity index (χ0n) is 15.1. The average molecular weight is 355 g/mol. The van der Waals surface area contributed by atoms with Crippen molar-refractivity contribution in [1.29, 1.82) is 0 Å². The number of aliphatic hydroxyl groups is 1. The second-order valence-electron chi connectivity index (χ2n) is 6.92. The Morgan fingerprint density at radius 2 is 2.15 bits per heavy atom. The van der Waals surface area contributed by atoms with Gasteiger partial charge in [0.25, 0.3) is 0 Å². The van der Waals surface area contributed by atoms with Crippen molar-refractivity contribution in [3.05, 3.63) is 48.7 Å². The molecule has 138 valence electrons. The minimum Gasteiger partial charge on any atom is -0.386 e. The van der Waals surface area contributed by atoms with Crippen LogP contribution in [0.2, 0.25) is 0 Å². The molecule has 3 heterocycles. The summed E-state index contributed by atoms with van der Waals surface area (Å²) in [6.45, 7) is 1.60. The van der Waals surface area contributed by atoms with E-state index in [9.17, 15) is 9.90 Å². The van der Waals surface area contributed by atoms with Gasteiger partial charge in [0.1, 0.15) is 5.82 Å². The molecule has 1 amide bonds. The van der Waals surface area contributed by atoms with E-state index in [4.69, 9.17) is 0 Å². The molecule has 1 unspecified atom stereocenters. The average Bonchev–Trinajstić information content (AvgIpc) is 2.67. The van der Waals surface area contributed by atoms with Crippen molar-refractivity contribution in [1.82, 2.24) is 19.9 Å². The number of likely N-dealkylation sites (N-methyl/N-ethyl adjacent to an activating group) is 1. The Labute approximate surface area is 153 Å². The summed E-state index contributed by atoms with van der Waals surface area (Å²) in [5, 5.41) is 11.0. The lowest BCUT2D eigenvalue weighted by molar-refractivity contribution is -0.133. The Morgan fingerprint density at radius 3 is 2.88 bits per heavy atom. The largest absolute Gasteiger partial charge is 0.386 e. The van der Waals surface area contributed by atoms with Crippen molar-refractivity contribution >= 4 is 11.7 Å². The molecule has 26 heavy (non-hydrogen) atoms. The van der Waals surface area contributed by atoms with Crippen LogP contribution in [-0.4, -0.2) is 63.1 Å². The molecule has 1 aliphatic rings. The molecule has 1 saturated heterocycles. The summed E-state index contributed by atoms with van der Waals surface area (Å²) >= 11 is 0. The number of pyridine rings is 1. The minimum atomic E-state index is -0.936. The summed E-state index contributed by atoms with van der Waals surface area (Å²) in [6.07, 6.45) is 11.1. The van der Waals surface area contributed by atoms with Crippen molar-refractivity contribution in [2.45, 2.75) is 31.3 Å². The molecule has 1 N–H and O–H groups in total. The molecule has 3 rings (SSSR count). The molecule has 2 aromatic rings. The summed E-state index contributed by atoms with van der Waals surface area (Å²) in [5.74, 6) is 0.787. The molecule has 0 radical (unpaired) electrons. The third kappa shape index (κ3) is 4.76. The fraction of sp³-hybridized carbons (Fsp3) is 0.474. The van der Waals surface area contributed by atoms with Crippen LogP contribution < -0.4 is 4.90 Å². The van der Waals surface area contributed by atoms with Gasteiger partial charge in [-0.1, -0.05) is 6.07 Å². The molecular formula is C19H25N5O2. The predicted molar refractivity (Wildman–Crippen MR) is 98.6 cm³/mol. The number of carbonyl (C=O) groups is 1. The maximum Gasteiger partial charge on any atom is 0.222 e. The fourth-order valence-corrected chi connectivity index (χ4v) is 3.41. The molecule has 0 saturated carbocycles. The van der Waals surface area contributed by atoms with E-state index in [1.807, 2.05) is 17.0 Å². The first kappa shape index (κ1) is 18.3. The first-order chi connectivity index (χ1) is 12.6. The number of hydrogen-bond acceptors (Lipinski definition) is 6. The Morgan fingerprint density at radius 1 is 1.31 bits per heavy atom. The smallest absolute Gasteiger partial charge is 0.222 e. The number of amides is 1. The molecule has 1 fully saturated rings. The lowest BCUT2D eigenvalue weighted by atomic mass is 9.92. The molecule has 0 spiro atoms. The lowest BCUT2D eigenvalue weighted by Gasteiger charge is -2.41. The van der Waals surface area contributed by atoms with Gasteiger partial charge >= 0.3 is 0 Å². The Kier molecular flexibility index (Phi) is 5.78. The number of anilines is 1. The van der Waals surface area contributed by atoms with Gasteiger partial charge in [-0.15, -0.1) is 0 Å². The Balaban J connectivity index is 1.55. The van der Waals surface area contributed by atoms with E-state index in [1.165, 1.54) is 0 Å². The maximum atomic E-state index is 12.4. The summed E-state index contributed by atoms with van der Waals surface area (Å²) in [7, 11) is 1.75. The van der Waals surface area contributed by atoms with E-state index in [1.54, 1.807) is 42.9 Å². The van der Waals surface area contributed by atoms with Gasteiger partial charge in [0.2, 0.25) is 5.91 Å². The van der Waals surface area contributed by atoms with Gasteiger partial charge < -0.3 is 14.9 Å². The number of nitrogens with zero attached hydrogens (tertiary/aromatic N) is 5. The highest BCUT2D eigenvalue weighted by atomic mass is 16.3. The van der Waals surface area contributed by atoms with E-state index in [2.05, 4.69) is 15.0 Å². The van der Waals surface area contributed by atoms with Crippen LogP contribution >= 0.6 is 0 Å². The fourth-order valence-electron chi connectivity index (χ4n) is 3.41. The second-order valence-corrected chi connectivity index (χ2v) is 6.92. The quantitative estimate of drug-likeness (QED) is 0.841. The van der Waals surface area contributed by atoms with Crippen LogP contribution in [0.25, 0.3) is 0 Å². The highest BCUT2D eigenvalue weighted by molar-refractivity contribution is 5.76. The number of hydrogen-bond donors (Lipinski definition) is 1. The maximum absolute atomic E-state index is 12.4. The van der Waals surface area contributed by atoms with E-state index in [-0.39, 0.29) is 5.91 Å². The summed E-state index contributed by atoms with van der Waals surface area (Å²) in [4.78, 5) is 28.6. The van der Waals surface area contributed by atoms with Crippen molar-refractivity contribution in [3.63, 3.8) is 0 Å². The lowest BCUT2D eigenvalue weighted by Crippen LogP contribution is -2.55. The number of carbonyl (C=O) groups excluding carboxylic acids is 1. The van der Waals surface area contributed by atoms with Crippen LogP contribution in [0.4, 0.5) is 5.82 Å². The first-order valence-electron chi connectivity index (χ1n) is 8.92. The molecule has 7 heteroatoms. The number of aryl methyl sites for hydroxylation is 1. The number of β-amino-alcohol motifs (C(OH)–C–C–N with tert-alkyl or cyclic N) is 1. The highest BCUT2D eigenvalue weighted by Crippen LogP contribution is 2.25. The van der Waals surface area contributed by atoms with E-state index >= 15 is 0 Å². The monoisotopic (exact) mass is 355 g/mol. The first-order valence-corrected chi connectivity index (χ1v) is 8.92. The van der Waals surface area contributed by atoms with Gasteiger partial charge in [-0.2, -0.15) is 0 Å². The molecule has 2 aromatic heterocycles. The van der Waals surface area contributed by atoms with Crippen LogP contribution in [0.5, 0.6) is 0 Å². The third-order valence-electron chi connectivity index (χ3n) is 4.74. The van der Waals surface area contributed by atoms with Gasteiger partial charge in [-0.25, -0.2) is 4.98 Å². The number of aromatic nitrogens is 3. The van der Waals surface area contributed by atoms with Crippen LogP contribution in [0.3, 0.4) is 0 Å². The highest BCUT2D eigenvalue weighted by Gasteiger charge is 2.35. The van der Waals surface area contributed by atoms with Crippen LogP contribution in [0.1, 0.15) is 24.8 Å². The normalized spacial score (nSPS) is 20.0. The van der Waals surface area contributed by atoms with Crippen LogP contribution in [-0.2, 0) is 11.2 Å². The molecule has 7 nitrogen and oxygen atoms in total. The van der Waals surface area contributed by atoms with Gasteiger partial charge in [-0.05, 0) is 30.9 Å². The van der Waals surface area contributed by atoms with Gasteiger partial charge in [-0.3, -0.25) is 14.8 Å². The number of rotatable bonds is 6. The molecular weight excluding hydrogens is 330 g/mol. The van der Waals surface area contributed by atoms with Crippen molar-refractivity contribution < 1.29 is 9.90 Å². The Hall–Kier alpha value is -2.54.